The Bertz CT molecular complexity index is 3620. The van der Waals surface area contributed by atoms with Crippen LogP contribution in [0, 0.1) is 0 Å². The van der Waals surface area contributed by atoms with Crippen LogP contribution in [0.1, 0.15) is 0 Å². The minimum Gasteiger partial charge on any atom is -0.455 e. The van der Waals surface area contributed by atoms with Crippen molar-refractivity contribution in [3.63, 3.8) is 0 Å². The van der Waals surface area contributed by atoms with E-state index >= 15 is 0 Å². The largest absolute Gasteiger partial charge is 0.455 e. The Morgan fingerprint density at radius 1 is 0.382 bits per heavy atom. The van der Waals surface area contributed by atoms with Gasteiger partial charge in [0.15, 0.2) is 5.82 Å². The first kappa shape index (κ1) is 29.0. The Morgan fingerprint density at radius 2 is 0.964 bits per heavy atom. The van der Waals surface area contributed by atoms with E-state index in [1.165, 1.54) is 49.7 Å². The molecule has 1 aliphatic rings. The second-order valence-corrected chi connectivity index (χ2v) is 14.5. The highest BCUT2D eigenvalue weighted by molar-refractivity contribution is 6.22. The lowest BCUT2D eigenvalue weighted by atomic mass is 9.94. The SMILES string of the molecule is c1ccc2c(c1)-c1ccccc1-n1c3cc4c5ccccc5n(-c5nc6ccccc6nc5-c5cccc6c5oc5ccccc56)c4cc3c3cccc-2c31. The van der Waals surface area contributed by atoms with E-state index in [4.69, 9.17) is 14.4 Å². The van der Waals surface area contributed by atoms with Gasteiger partial charge in [-0.1, -0.05) is 121 Å². The zero-order chi connectivity index (χ0) is 35.8. The highest BCUT2D eigenvalue weighted by Gasteiger charge is 2.27. The summed E-state index contributed by atoms with van der Waals surface area (Å²) >= 11 is 0. The second-order valence-electron chi connectivity index (χ2n) is 14.5. The van der Waals surface area contributed by atoms with Gasteiger partial charge in [-0.25, -0.2) is 9.97 Å². The van der Waals surface area contributed by atoms with Crippen LogP contribution in [0.2, 0.25) is 0 Å². The average molecular weight is 701 g/mol. The summed E-state index contributed by atoms with van der Waals surface area (Å²) in [6.45, 7) is 0. The Hall–Kier alpha value is -7.50. The summed E-state index contributed by atoms with van der Waals surface area (Å²) in [6, 6.07) is 60.5. The quantitative estimate of drug-likeness (QED) is 0.180. The summed E-state index contributed by atoms with van der Waals surface area (Å²) in [4.78, 5) is 10.9. The monoisotopic (exact) mass is 700 g/mol. The number of nitrogens with zero attached hydrogens (tertiary/aromatic N) is 4. The zero-order valence-electron chi connectivity index (χ0n) is 29.4. The lowest BCUT2D eigenvalue weighted by Crippen LogP contribution is -2.04. The minimum absolute atomic E-state index is 0.766. The van der Waals surface area contributed by atoms with Crippen LogP contribution < -0.4 is 0 Å². The number of rotatable bonds is 2. The molecule has 5 nitrogen and oxygen atoms in total. The lowest BCUT2D eigenvalue weighted by Gasteiger charge is -2.14. The zero-order valence-corrected chi connectivity index (χ0v) is 29.4. The molecule has 12 aromatic rings. The molecule has 1 aliphatic heterocycles. The molecule has 0 aliphatic carbocycles. The molecule has 4 aromatic heterocycles. The van der Waals surface area contributed by atoms with Crippen LogP contribution in [0.15, 0.2) is 174 Å². The van der Waals surface area contributed by atoms with Gasteiger partial charge in [-0.3, -0.25) is 4.57 Å². The maximum Gasteiger partial charge on any atom is 0.165 e. The Balaban J connectivity index is 1.19. The first-order valence-corrected chi connectivity index (χ1v) is 18.7. The van der Waals surface area contributed by atoms with Crippen molar-refractivity contribution in [2.45, 2.75) is 0 Å². The summed E-state index contributed by atoms with van der Waals surface area (Å²) in [5.74, 6) is 0.766. The predicted molar refractivity (Wildman–Crippen MR) is 225 cm³/mol. The van der Waals surface area contributed by atoms with Crippen molar-refractivity contribution < 1.29 is 4.42 Å². The predicted octanol–water partition coefficient (Wildman–Crippen LogP) is 13.0. The second kappa shape index (κ2) is 10.6. The van der Waals surface area contributed by atoms with Crippen LogP contribution in [-0.4, -0.2) is 19.1 Å². The van der Waals surface area contributed by atoms with Gasteiger partial charge in [0.2, 0.25) is 0 Å². The first-order chi connectivity index (χ1) is 27.3. The molecule has 0 spiro atoms. The fraction of sp³-hybridized carbons (Fsp3) is 0. The maximum absolute atomic E-state index is 6.62. The summed E-state index contributed by atoms with van der Waals surface area (Å²) < 4.78 is 11.4. The van der Waals surface area contributed by atoms with Crippen LogP contribution in [0.25, 0.3) is 122 Å². The third kappa shape index (κ3) is 3.81. The summed E-state index contributed by atoms with van der Waals surface area (Å²) in [5.41, 5.74) is 15.7. The van der Waals surface area contributed by atoms with Gasteiger partial charge in [-0.05, 0) is 59.7 Å². The molecule has 8 aromatic carbocycles. The molecule has 0 saturated heterocycles. The molecule has 0 N–H and O–H groups in total. The van der Waals surface area contributed by atoms with Gasteiger partial charge in [0, 0.05) is 49.0 Å². The fourth-order valence-corrected chi connectivity index (χ4v) is 9.33. The smallest absolute Gasteiger partial charge is 0.165 e. The fourth-order valence-electron chi connectivity index (χ4n) is 9.33. The molecule has 5 heteroatoms. The summed E-state index contributed by atoms with van der Waals surface area (Å²) in [7, 11) is 0. The van der Waals surface area contributed by atoms with Gasteiger partial charge in [0.1, 0.15) is 16.9 Å². The number of fused-ring (bicyclic) bond motifs is 15. The molecular weight excluding hydrogens is 673 g/mol. The van der Waals surface area contributed by atoms with Crippen molar-refractivity contribution in [1.82, 2.24) is 19.1 Å². The van der Waals surface area contributed by atoms with Crippen molar-refractivity contribution >= 4 is 76.6 Å². The molecule has 0 amide bonds. The number of benzene rings is 8. The van der Waals surface area contributed by atoms with E-state index in [9.17, 15) is 0 Å². The average Bonchev–Trinajstić information content (AvgIpc) is 3.87. The standard InChI is InChI=1S/C50H28N4O/c1-2-14-30-29(13-1)31-15-3-8-24-42(31)53-44-27-38-32-16-4-9-25-43(32)54(45(38)28-39(44)35-19-11-18-34(30)48(35)53)50-47(51-40-22-6-7-23-41(40)52-50)37-21-12-20-36-33-17-5-10-26-46(33)55-49(36)37/h1-28H. The van der Waals surface area contributed by atoms with Crippen molar-refractivity contribution in [3.8, 4) is 45.0 Å². The van der Waals surface area contributed by atoms with E-state index in [0.29, 0.717) is 0 Å². The van der Waals surface area contributed by atoms with Gasteiger partial charge in [0.25, 0.3) is 0 Å². The first-order valence-electron chi connectivity index (χ1n) is 18.7. The molecule has 55 heavy (non-hydrogen) atoms. The van der Waals surface area contributed by atoms with Crippen molar-refractivity contribution in [1.29, 1.82) is 0 Å². The normalized spacial score (nSPS) is 12.4. The van der Waals surface area contributed by atoms with E-state index in [1.54, 1.807) is 0 Å². The number of para-hydroxylation sites is 7. The van der Waals surface area contributed by atoms with Gasteiger partial charge >= 0.3 is 0 Å². The van der Waals surface area contributed by atoms with Crippen LogP contribution in [0.5, 0.6) is 0 Å². The molecule has 0 radical (unpaired) electrons. The molecule has 0 bridgehead atoms. The number of aromatic nitrogens is 4. The Kier molecular flexibility index (Phi) is 5.57. The van der Waals surface area contributed by atoms with Gasteiger partial charge in [-0.2, -0.15) is 0 Å². The maximum atomic E-state index is 6.62. The van der Waals surface area contributed by atoms with Crippen LogP contribution in [-0.2, 0) is 0 Å². The number of hydrogen-bond acceptors (Lipinski definition) is 3. The Labute approximate surface area is 313 Å². The lowest BCUT2D eigenvalue weighted by molar-refractivity contribution is 0.669. The van der Waals surface area contributed by atoms with E-state index in [-0.39, 0.29) is 0 Å². The molecular formula is C50H28N4O. The van der Waals surface area contributed by atoms with E-state index in [1.807, 2.05) is 36.4 Å². The van der Waals surface area contributed by atoms with E-state index in [2.05, 4.69) is 143 Å². The highest BCUT2D eigenvalue weighted by Crippen LogP contribution is 2.48. The Morgan fingerprint density at radius 3 is 1.82 bits per heavy atom. The van der Waals surface area contributed by atoms with Crippen LogP contribution in [0.4, 0.5) is 0 Å². The molecule has 0 saturated carbocycles. The van der Waals surface area contributed by atoms with Crippen molar-refractivity contribution in [2.75, 3.05) is 0 Å². The summed E-state index contributed by atoms with van der Waals surface area (Å²) in [5, 5.41) is 6.87. The van der Waals surface area contributed by atoms with Crippen molar-refractivity contribution in [3.05, 3.63) is 170 Å². The van der Waals surface area contributed by atoms with Gasteiger partial charge in [0.05, 0.1) is 38.8 Å². The molecule has 0 atom stereocenters. The molecule has 0 fully saturated rings. The molecule has 254 valence electrons. The highest BCUT2D eigenvalue weighted by atomic mass is 16.3. The van der Waals surface area contributed by atoms with Gasteiger partial charge in [-0.15, -0.1) is 0 Å². The number of furan rings is 1. The molecule has 0 unspecified atom stereocenters. The third-order valence-corrected chi connectivity index (χ3v) is 11.7. The van der Waals surface area contributed by atoms with E-state index in [0.717, 1.165) is 71.9 Å². The van der Waals surface area contributed by atoms with Crippen LogP contribution >= 0.6 is 0 Å². The minimum atomic E-state index is 0.766. The van der Waals surface area contributed by atoms with Gasteiger partial charge < -0.3 is 8.98 Å². The number of hydrogen-bond donors (Lipinski definition) is 0. The van der Waals surface area contributed by atoms with Crippen LogP contribution in [0.3, 0.4) is 0 Å². The summed E-state index contributed by atoms with van der Waals surface area (Å²) in [6.07, 6.45) is 0. The molecule has 5 heterocycles. The van der Waals surface area contributed by atoms with E-state index < -0.39 is 0 Å². The third-order valence-electron chi connectivity index (χ3n) is 11.7. The van der Waals surface area contributed by atoms with Crippen molar-refractivity contribution in [2.24, 2.45) is 0 Å². The molecule has 13 rings (SSSR count). The topological polar surface area (TPSA) is 48.8 Å².